The van der Waals surface area contributed by atoms with Crippen LogP contribution >= 0.6 is 0 Å². The molecule has 0 aliphatic carbocycles. The molecule has 0 bridgehead atoms. The highest BCUT2D eigenvalue weighted by Crippen LogP contribution is 2.37. The van der Waals surface area contributed by atoms with E-state index in [4.69, 9.17) is 4.84 Å². The molecule has 0 aliphatic rings. The van der Waals surface area contributed by atoms with E-state index >= 15 is 0 Å². The lowest BCUT2D eigenvalue weighted by molar-refractivity contribution is -0.239. The van der Waals surface area contributed by atoms with Crippen molar-refractivity contribution in [2.24, 2.45) is 5.92 Å². The summed E-state index contributed by atoms with van der Waals surface area (Å²) in [5, 5.41) is 17.6. The summed E-state index contributed by atoms with van der Waals surface area (Å²) in [4.78, 5) is 35.2. The molecule has 4 aromatic rings. The van der Waals surface area contributed by atoms with Crippen LogP contribution in [0, 0.1) is 5.92 Å². The lowest BCUT2D eigenvalue weighted by Gasteiger charge is -2.35. The van der Waals surface area contributed by atoms with Gasteiger partial charge in [-0.3, -0.25) is 9.78 Å². The monoisotopic (exact) mass is 484 g/mol. The van der Waals surface area contributed by atoms with Crippen LogP contribution in [-0.4, -0.2) is 43.8 Å². The number of hydrogen-bond acceptors (Lipinski definition) is 6. The van der Waals surface area contributed by atoms with Crippen molar-refractivity contribution in [2.45, 2.75) is 18.3 Å². The Balaban J connectivity index is 1.72. The number of benzene rings is 2. The summed E-state index contributed by atoms with van der Waals surface area (Å²) in [7, 11) is 0. The number of fused-ring (bicyclic) bond motifs is 1. The van der Waals surface area contributed by atoms with Gasteiger partial charge in [0.2, 0.25) is 0 Å². The molecule has 8 nitrogen and oxygen atoms in total. The second kappa shape index (κ2) is 9.55. The van der Waals surface area contributed by atoms with Gasteiger partial charge in [-0.05, 0) is 30.2 Å². The molecule has 1 amide bonds. The van der Waals surface area contributed by atoms with Crippen LogP contribution in [0.4, 0.5) is 13.2 Å². The third-order valence-corrected chi connectivity index (χ3v) is 5.29. The van der Waals surface area contributed by atoms with E-state index in [1.54, 1.807) is 30.3 Å². The number of halogens is 3. The average Bonchev–Trinajstić information content (AvgIpc) is 3.25. The number of carbonyl (C=O) groups excluding carboxylic acids is 2. The van der Waals surface area contributed by atoms with Gasteiger partial charge in [-0.1, -0.05) is 53.4 Å². The van der Waals surface area contributed by atoms with E-state index in [9.17, 15) is 27.9 Å². The zero-order chi connectivity index (χ0) is 25.1. The summed E-state index contributed by atoms with van der Waals surface area (Å²) >= 11 is 0. The molecular formula is C24H19F3N4O4. The minimum atomic E-state index is -5.11. The van der Waals surface area contributed by atoms with Gasteiger partial charge < -0.3 is 15.3 Å². The van der Waals surface area contributed by atoms with E-state index in [0.29, 0.717) is 15.7 Å². The van der Waals surface area contributed by atoms with E-state index in [-0.39, 0.29) is 11.1 Å². The molecular weight excluding hydrogens is 465 g/mol. The summed E-state index contributed by atoms with van der Waals surface area (Å²) in [6.45, 7) is 0. The molecule has 180 valence electrons. The average molecular weight is 484 g/mol. The van der Waals surface area contributed by atoms with Crippen LogP contribution in [0.15, 0.2) is 85.3 Å². The van der Waals surface area contributed by atoms with Gasteiger partial charge >= 0.3 is 12.1 Å². The zero-order valence-corrected chi connectivity index (χ0v) is 18.0. The third kappa shape index (κ3) is 5.30. The Bertz CT molecular complexity index is 1300. The first-order chi connectivity index (χ1) is 16.7. The molecule has 11 heteroatoms. The van der Waals surface area contributed by atoms with Crippen molar-refractivity contribution in [3.8, 4) is 0 Å². The molecule has 0 radical (unpaired) electrons. The predicted molar refractivity (Wildman–Crippen MR) is 118 cm³/mol. The Labute approximate surface area is 196 Å². The number of hydrogen-bond donors (Lipinski definition) is 2. The fraction of sp³-hybridized carbons (Fsp3) is 0.167. The maximum absolute atomic E-state index is 14.3. The smallest absolute Gasteiger partial charge is 0.361 e. The van der Waals surface area contributed by atoms with Crippen molar-refractivity contribution in [2.75, 3.05) is 0 Å². The molecule has 2 aromatic heterocycles. The van der Waals surface area contributed by atoms with E-state index in [1.807, 2.05) is 5.32 Å². The standard InChI is InChI=1S/C24H19F3N4O4/c25-24(26,27)20(13-16-7-2-1-3-8-16)23(34,29-21(32)17-10-6-12-28-14-17)22(33)35-31-15-18-9-4-5-11-19(18)30-31/h1-12,14-15,20,34H,13H2,(H,29,32). The third-order valence-electron chi connectivity index (χ3n) is 5.29. The Morgan fingerprint density at radius 1 is 1.03 bits per heavy atom. The van der Waals surface area contributed by atoms with Crippen molar-refractivity contribution in [1.82, 2.24) is 20.2 Å². The van der Waals surface area contributed by atoms with Crippen molar-refractivity contribution in [3.05, 3.63) is 96.4 Å². The quantitative estimate of drug-likeness (QED) is 0.391. The van der Waals surface area contributed by atoms with Gasteiger partial charge in [0.15, 0.2) is 0 Å². The topological polar surface area (TPSA) is 106 Å². The van der Waals surface area contributed by atoms with Crippen molar-refractivity contribution < 1.29 is 32.7 Å². The van der Waals surface area contributed by atoms with Crippen LogP contribution in [0.2, 0.25) is 0 Å². The van der Waals surface area contributed by atoms with E-state index in [0.717, 1.165) is 6.20 Å². The summed E-state index contributed by atoms with van der Waals surface area (Å²) in [5.74, 6) is -5.67. The van der Waals surface area contributed by atoms with E-state index in [1.165, 1.54) is 48.8 Å². The normalized spacial score (nSPS) is 14.2. The molecule has 2 N–H and O–H groups in total. The first kappa shape index (κ1) is 23.9. The van der Waals surface area contributed by atoms with Gasteiger partial charge in [0.1, 0.15) is 5.92 Å². The van der Waals surface area contributed by atoms with Crippen molar-refractivity contribution in [1.29, 1.82) is 0 Å². The van der Waals surface area contributed by atoms with Gasteiger partial charge in [-0.2, -0.15) is 13.2 Å². The zero-order valence-electron chi connectivity index (χ0n) is 18.0. The Kier molecular flexibility index (Phi) is 6.52. The molecule has 2 unspecified atom stereocenters. The van der Waals surface area contributed by atoms with Crippen LogP contribution in [0.25, 0.3) is 10.9 Å². The highest BCUT2D eigenvalue weighted by molar-refractivity contribution is 5.97. The SMILES string of the molecule is O=C(NC(O)(C(=O)On1cc2ccccc2n1)C(Cc1ccccc1)C(F)(F)F)c1cccnc1. The van der Waals surface area contributed by atoms with Gasteiger partial charge in [-0.15, -0.1) is 5.10 Å². The fourth-order valence-electron chi connectivity index (χ4n) is 3.52. The summed E-state index contributed by atoms with van der Waals surface area (Å²) < 4.78 is 42.8. The Hall–Kier alpha value is -4.25. The van der Waals surface area contributed by atoms with Gasteiger partial charge in [-0.25, -0.2) is 4.79 Å². The number of nitrogens with one attached hydrogen (secondary N) is 1. The highest BCUT2D eigenvalue weighted by Gasteiger charge is 2.59. The molecule has 2 atom stereocenters. The maximum Gasteiger partial charge on any atom is 0.397 e. The van der Waals surface area contributed by atoms with Crippen LogP contribution < -0.4 is 10.2 Å². The van der Waals surface area contributed by atoms with Crippen molar-refractivity contribution in [3.63, 3.8) is 0 Å². The molecule has 0 spiro atoms. The van der Waals surface area contributed by atoms with E-state index < -0.39 is 36.1 Å². The number of aliphatic hydroxyl groups is 1. The molecule has 4 rings (SSSR count). The lowest BCUT2D eigenvalue weighted by Crippen LogP contribution is -2.65. The number of pyridine rings is 1. The number of alkyl halides is 3. The molecule has 0 saturated carbocycles. The van der Waals surface area contributed by atoms with Gasteiger partial charge in [0, 0.05) is 17.8 Å². The Morgan fingerprint density at radius 2 is 1.74 bits per heavy atom. The molecule has 0 fully saturated rings. The number of nitrogens with zero attached hydrogens (tertiary/aromatic N) is 3. The number of aromatic nitrogens is 3. The first-order valence-corrected chi connectivity index (χ1v) is 10.4. The van der Waals surface area contributed by atoms with Crippen LogP contribution in [0.5, 0.6) is 0 Å². The maximum atomic E-state index is 14.3. The van der Waals surface area contributed by atoms with Crippen LogP contribution in [0.3, 0.4) is 0 Å². The largest absolute Gasteiger partial charge is 0.397 e. The second-order valence-corrected chi connectivity index (χ2v) is 7.72. The number of carbonyl (C=O) groups is 2. The minimum Gasteiger partial charge on any atom is -0.361 e. The molecule has 0 aliphatic heterocycles. The predicted octanol–water partition coefficient (Wildman–Crippen LogP) is 2.93. The molecule has 2 heterocycles. The van der Waals surface area contributed by atoms with Crippen LogP contribution in [0.1, 0.15) is 15.9 Å². The molecule has 2 aromatic carbocycles. The van der Waals surface area contributed by atoms with E-state index in [2.05, 4.69) is 10.1 Å². The number of rotatable bonds is 7. The lowest BCUT2D eigenvalue weighted by atomic mass is 9.87. The number of amides is 1. The van der Waals surface area contributed by atoms with Crippen molar-refractivity contribution >= 4 is 22.8 Å². The Morgan fingerprint density at radius 3 is 2.40 bits per heavy atom. The summed E-state index contributed by atoms with van der Waals surface area (Å²) in [6.07, 6.45) is -2.23. The second-order valence-electron chi connectivity index (χ2n) is 7.72. The summed E-state index contributed by atoms with van der Waals surface area (Å²) in [6, 6.07) is 16.7. The highest BCUT2D eigenvalue weighted by atomic mass is 19.4. The summed E-state index contributed by atoms with van der Waals surface area (Å²) in [5.41, 5.74) is -3.08. The van der Waals surface area contributed by atoms with Gasteiger partial charge in [0.05, 0.1) is 17.3 Å². The molecule has 0 saturated heterocycles. The molecule has 35 heavy (non-hydrogen) atoms. The van der Waals surface area contributed by atoms with Crippen LogP contribution in [-0.2, 0) is 11.2 Å². The first-order valence-electron chi connectivity index (χ1n) is 10.4. The minimum absolute atomic E-state index is 0.163. The van der Waals surface area contributed by atoms with Gasteiger partial charge in [0.25, 0.3) is 11.6 Å². The fourth-order valence-corrected chi connectivity index (χ4v) is 3.52.